The van der Waals surface area contributed by atoms with Gasteiger partial charge in [0.05, 0.1) is 12.2 Å². The Morgan fingerprint density at radius 3 is 2.44 bits per heavy atom. The predicted molar refractivity (Wildman–Crippen MR) is 58.0 cm³/mol. The molecule has 104 valence electrons. The molecule has 1 aromatic heterocycles. The summed E-state index contributed by atoms with van der Waals surface area (Å²) in [6.07, 6.45) is -3.95. The molecule has 4 nitrogen and oxygen atoms in total. The molecule has 1 N–H and O–H groups in total. The molecule has 0 bridgehead atoms. The van der Waals surface area contributed by atoms with Gasteiger partial charge < -0.3 is 0 Å². The third kappa shape index (κ3) is 3.53. The van der Waals surface area contributed by atoms with Crippen LogP contribution in [-0.4, -0.2) is 32.3 Å². The minimum Gasteiger partial charge on any atom is -0.229 e. The van der Waals surface area contributed by atoms with Crippen LogP contribution in [0.15, 0.2) is 4.21 Å². The largest absolute Gasteiger partial charge is 0.320 e. The normalized spacial score (nSPS) is 13.3. The molecule has 1 aromatic rings. The third-order valence-electron chi connectivity index (χ3n) is 1.79. The maximum absolute atomic E-state index is 12.6. The minimum absolute atomic E-state index is 0.0119. The van der Waals surface area contributed by atoms with Crippen molar-refractivity contribution in [3.05, 3.63) is 10.2 Å². The van der Waals surface area contributed by atoms with Gasteiger partial charge in [-0.15, -0.1) is 0 Å². The molecule has 0 unspecified atom stereocenters. The van der Waals surface area contributed by atoms with Gasteiger partial charge in [0.2, 0.25) is 0 Å². The number of aromatic nitrogens is 1. The number of aryl methyl sites for hydroxylation is 1. The quantitative estimate of drug-likeness (QED) is 0.845. The Morgan fingerprint density at radius 2 is 2.06 bits per heavy atom. The highest BCUT2D eigenvalue weighted by Crippen LogP contribution is 2.27. The Kier molecular flexibility index (Phi) is 4.57. The summed E-state index contributed by atoms with van der Waals surface area (Å²) in [5.74, 6) is -4.44. The number of thiazole rings is 1. The zero-order chi connectivity index (χ0) is 14.1. The summed E-state index contributed by atoms with van der Waals surface area (Å²) in [7, 11) is -4.33. The van der Waals surface area contributed by atoms with Gasteiger partial charge in [-0.05, 0) is 6.92 Å². The van der Waals surface area contributed by atoms with E-state index >= 15 is 0 Å². The molecule has 0 saturated heterocycles. The van der Waals surface area contributed by atoms with E-state index in [-0.39, 0.29) is 14.4 Å². The van der Waals surface area contributed by atoms with E-state index < -0.39 is 28.9 Å². The van der Waals surface area contributed by atoms with Gasteiger partial charge in [0, 0.05) is 0 Å². The van der Waals surface area contributed by atoms with Crippen molar-refractivity contribution in [1.29, 1.82) is 0 Å². The van der Waals surface area contributed by atoms with Gasteiger partial charge in [-0.25, -0.2) is 26.9 Å². The molecule has 18 heavy (non-hydrogen) atoms. The minimum atomic E-state index is -4.44. The van der Waals surface area contributed by atoms with Crippen molar-refractivity contribution in [1.82, 2.24) is 9.71 Å². The van der Waals surface area contributed by atoms with E-state index in [9.17, 15) is 26.0 Å². The number of rotatable bonds is 5. The molecule has 0 aliphatic rings. The first-order valence-corrected chi connectivity index (χ1v) is 7.02. The van der Waals surface area contributed by atoms with Crippen molar-refractivity contribution in [2.45, 2.75) is 23.5 Å². The first-order chi connectivity index (χ1) is 8.06. The lowest BCUT2D eigenvalue weighted by Crippen LogP contribution is -2.41. The smallest absolute Gasteiger partial charge is 0.229 e. The second-order valence-corrected chi connectivity index (χ2v) is 6.77. The number of halogens is 5. The molecule has 1 heterocycles. The molecule has 0 amide bonds. The highest BCUT2D eigenvalue weighted by Gasteiger charge is 2.42. The number of nitrogens with one attached hydrogen (secondary N) is 1. The molecule has 0 aromatic carbocycles. The van der Waals surface area contributed by atoms with Gasteiger partial charge in [0.25, 0.3) is 10.0 Å². The van der Waals surface area contributed by atoms with Crippen molar-refractivity contribution in [3.63, 3.8) is 0 Å². The fourth-order valence-electron chi connectivity index (χ4n) is 0.934. The maximum atomic E-state index is 12.6. The van der Waals surface area contributed by atoms with Gasteiger partial charge >= 0.3 is 12.3 Å². The molecule has 0 spiro atoms. The van der Waals surface area contributed by atoms with E-state index in [1.807, 2.05) is 0 Å². The second-order valence-electron chi connectivity index (χ2n) is 3.23. The van der Waals surface area contributed by atoms with Crippen LogP contribution < -0.4 is 4.72 Å². The van der Waals surface area contributed by atoms with Gasteiger partial charge in [-0.1, -0.05) is 22.9 Å². The van der Waals surface area contributed by atoms with E-state index in [2.05, 4.69) is 4.98 Å². The Hall–Kier alpha value is -0.450. The Morgan fingerprint density at radius 1 is 1.50 bits per heavy atom. The Labute approximate surface area is 109 Å². The van der Waals surface area contributed by atoms with Crippen LogP contribution in [0.1, 0.15) is 5.69 Å². The van der Waals surface area contributed by atoms with Crippen molar-refractivity contribution in [2.75, 3.05) is 6.54 Å². The lowest BCUT2D eigenvalue weighted by Gasteiger charge is -2.15. The van der Waals surface area contributed by atoms with Crippen LogP contribution in [0.4, 0.5) is 17.6 Å². The first kappa shape index (κ1) is 15.6. The zero-order valence-corrected chi connectivity index (χ0v) is 11.1. The summed E-state index contributed by atoms with van der Waals surface area (Å²) in [4.78, 5) is 3.59. The van der Waals surface area contributed by atoms with E-state index in [1.165, 1.54) is 11.6 Å². The molecule has 0 radical (unpaired) electrons. The molecule has 0 saturated carbocycles. The van der Waals surface area contributed by atoms with Crippen LogP contribution in [-0.2, 0) is 10.0 Å². The molecule has 0 aliphatic heterocycles. The average Bonchev–Trinajstić information content (AvgIpc) is 2.56. The SMILES string of the molecule is Cc1nc(Cl)sc1S(=O)(=O)NCC(F)(F)C(F)F. The Bertz CT molecular complexity index is 532. The van der Waals surface area contributed by atoms with Crippen LogP contribution in [0.2, 0.25) is 4.47 Å². The van der Waals surface area contributed by atoms with Crippen molar-refractivity contribution >= 4 is 33.0 Å². The third-order valence-corrected chi connectivity index (χ3v) is 5.06. The number of sulfonamides is 1. The van der Waals surface area contributed by atoms with E-state index in [4.69, 9.17) is 11.6 Å². The summed E-state index contributed by atoms with van der Waals surface area (Å²) in [6, 6.07) is 0. The molecular weight excluding hydrogens is 320 g/mol. The molecule has 0 aliphatic carbocycles. The molecule has 0 fully saturated rings. The fraction of sp³-hybridized carbons (Fsp3) is 0.571. The molecule has 11 heteroatoms. The van der Waals surface area contributed by atoms with Gasteiger partial charge in [0.1, 0.15) is 0 Å². The number of alkyl halides is 4. The van der Waals surface area contributed by atoms with Gasteiger partial charge in [0.15, 0.2) is 8.68 Å². The summed E-state index contributed by atoms with van der Waals surface area (Å²) >= 11 is 6.01. The summed E-state index contributed by atoms with van der Waals surface area (Å²) in [5, 5.41) is 0. The van der Waals surface area contributed by atoms with Crippen LogP contribution in [0, 0.1) is 6.92 Å². The molecular formula is C7H7ClF4N2O2S2. The Balaban J connectivity index is 2.88. The fourth-order valence-corrected chi connectivity index (χ4v) is 3.76. The van der Waals surface area contributed by atoms with Crippen LogP contribution in [0.3, 0.4) is 0 Å². The summed E-state index contributed by atoms with van der Waals surface area (Å²) < 4.78 is 72.9. The highest BCUT2D eigenvalue weighted by atomic mass is 35.5. The van der Waals surface area contributed by atoms with Crippen molar-refractivity contribution < 1.29 is 26.0 Å². The molecule has 0 atom stereocenters. The summed E-state index contributed by atoms with van der Waals surface area (Å²) in [5.41, 5.74) is 0.0119. The number of hydrogen-bond donors (Lipinski definition) is 1. The number of hydrogen-bond acceptors (Lipinski definition) is 4. The monoisotopic (exact) mass is 326 g/mol. The van der Waals surface area contributed by atoms with Crippen LogP contribution in [0.5, 0.6) is 0 Å². The van der Waals surface area contributed by atoms with Crippen molar-refractivity contribution in [3.8, 4) is 0 Å². The van der Waals surface area contributed by atoms with E-state index in [1.54, 1.807) is 0 Å². The predicted octanol–water partition coefficient (Wildman–Crippen LogP) is 2.28. The maximum Gasteiger partial charge on any atom is 0.320 e. The highest BCUT2D eigenvalue weighted by molar-refractivity contribution is 7.91. The average molecular weight is 327 g/mol. The van der Waals surface area contributed by atoms with E-state index in [0.29, 0.717) is 11.3 Å². The van der Waals surface area contributed by atoms with Crippen LogP contribution >= 0.6 is 22.9 Å². The van der Waals surface area contributed by atoms with Crippen LogP contribution in [0.25, 0.3) is 0 Å². The van der Waals surface area contributed by atoms with Gasteiger partial charge in [-0.3, -0.25) is 0 Å². The standard InChI is InChI=1S/C7H7ClF4N2O2S2/c1-3-4(17-6(8)14-3)18(15,16)13-2-7(11,12)5(9)10/h5,13H,2H2,1H3. The number of nitrogens with zero attached hydrogens (tertiary/aromatic N) is 1. The van der Waals surface area contributed by atoms with Crippen molar-refractivity contribution in [2.24, 2.45) is 0 Å². The lowest BCUT2D eigenvalue weighted by molar-refractivity contribution is -0.122. The van der Waals surface area contributed by atoms with Gasteiger partial charge in [-0.2, -0.15) is 8.78 Å². The second kappa shape index (κ2) is 5.27. The first-order valence-electron chi connectivity index (χ1n) is 4.35. The topological polar surface area (TPSA) is 59.1 Å². The zero-order valence-electron chi connectivity index (χ0n) is 8.75. The molecule has 1 rings (SSSR count). The lowest BCUT2D eigenvalue weighted by atomic mass is 10.4. The van der Waals surface area contributed by atoms with E-state index in [0.717, 1.165) is 0 Å². The summed E-state index contributed by atoms with van der Waals surface area (Å²) in [6.45, 7) is -0.385.